The van der Waals surface area contributed by atoms with Gasteiger partial charge in [-0.1, -0.05) is 48.0 Å². The number of rotatable bonds is 2. The summed E-state index contributed by atoms with van der Waals surface area (Å²) in [7, 11) is 0. The number of aromatic amines is 1. The topological polar surface area (TPSA) is 58.6 Å². The summed E-state index contributed by atoms with van der Waals surface area (Å²) in [5.74, 6) is 0. The van der Waals surface area contributed by atoms with Gasteiger partial charge in [-0.05, 0) is 17.7 Å². The lowest BCUT2D eigenvalue weighted by Crippen LogP contribution is -2.15. The van der Waals surface area contributed by atoms with Crippen molar-refractivity contribution in [3.05, 3.63) is 81.4 Å². The normalized spacial score (nSPS) is 11.2. The molecule has 0 spiro atoms. The largest absolute Gasteiger partial charge is 0.319 e. The third-order valence-corrected chi connectivity index (χ3v) is 4.14. The molecule has 0 fully saturated rings. The fourth-order valence-corrected chi connectivity index (χ4v) is 2.97. The van der Waals surface area contributed by atoms with Crippen molar-refractivity contribution >= 4 is 33.5 Å². The van der Waals surface area contributed by atoms with Gasteiger partial charge in [0.15, 0.2) is 0 Å². The SMILES string of the molecule is O=c1[nH]c2cc3cccnc3c(Cl)c2nc1Cc1ccccc1. The molecule has 23 heavy (non-hydrogen) atoms. The number of hydrogen-bond donors (Lipinski definition) is 1. The van der Waals surface area contributed by atoms with Crippen LogP contribution in [0.15, 0.2) is 59.5 Å². The standard InChI is InChI=1S/C18H12ClN3O/c19-15-16-12(7-4-8-20-16)10-13-17(15)21-14(18(23)22-13)9-11-5-2-1-3-6-11/h1-8,10H,9H2,(H,22,23). The van der Waals surface area contributed by atoms with Crippen LogP contribution in [0.2, 0.25) is 5.02 Å². The van der Waals surface area contributed by atoms with E-state index < -0.39 is 0 Å². The Morgan fingerprint density at radius 3 is 2.70 bits per heavy atom. The molecule has 0 bridgehead atoms. The first kappa shape index (κ1) is 13.9. The number of aromatic nitrogens is 3. The summed E-state index contributed by atoms with van der Waals surface area (Å²) in [6, 6.07) is 15.3. The zero-order valence-corrected chi connectivity index (χ0v) is 12.8. The summed E-state index contributed by atoms with van der Waals surface area (Å²) < 4.78 is 0. The maximum Gasteiger partial charge on any atom is 0.270 e. The average Bonchev–Trinajstić information content (AvgIpc) is 2.57. The van der Waals surface area contributed by atoms with Crippen molar-refractivity contribution in [2.75, 3.05) is 0 Å². The molecule has 0 atom stereocenters. The van der Waals surface area contributed by atoms with Crippen LogP contribution in [0.3, 0.4) is 0 Å². The van der Waals surface area contributed by atoms with E-state index in [0.29, 0.717) is 33.7 Å². The predicted molar refractivity (Wildman–Crippen MR) is 91.9 cm³/mol. The van der Waals surface area contributed by atoms with Crippen LogP contribution >= 0.6 is 11.6 Å². The van der Waals surface area contributed by atoms with Crippen LogP contribution in [0, 0.1) is 0 Å². The highest BCUT2D eigenvalue weighted by atomic mass is 35.5. The lowest BCUT2D eigenvalue weighted by atomic mass is 10.1. The van der Waals surface area contributed by atoms with E-state index in [1.807, 2.05) is 48.5 Å². The molecule has 2 heterocycles. The van der Waals surface area contributed by atoms with Gasteiger partial charge in [0.05, 0.1) is 16.1 Å². The zero-order valence-electron chi connectivity index (χ0n) is 12.1. The molecule has 2 aromatic heterocycles. The van der Waals surface area contributed by atoms with Crippen LogP contribution in [0.5, 0.6) is 0 Å². The molecule has 4 nitrogen and oxygen atoms in total. The molecule has 5 heteroatoms. The number of benzene rings is 2. The Hall–Kier alpha value is -2.72. The lowest BCUT2D eigenvalue weighted by molar-refractivity contribution is 1.03. The van der Waals surface area contributed by atoms with Crippen molar-refractivity contribution in [2.24, 2.45) is 0 Å². The Kier molecular flexibility index (Phi) is 3.32. The highest BCUT2D eigenvalue weighted by molar-refractivity contribution is 6.39. The predicted octanol–water partition coefficient (Wildman–Crippen LogP) is 3.72. The van der Waals surface area contributed by atoms with E-state index in [1.165, 1.54) is 0 Å². The van der Waals surface area contributed by atoms with Crippen molar-refractivity contribution in [1.82, 2.24) is 15.0 Å². The minimum Gasteiger partial charge on any atom is -0.319 e. The number of halogens is 1. The highest BCUT2D eigenvalue weighted by Gasteiger charge is 2.12. The van der Waals surface area contributed by atoms with E-state index in [-0.39, 0.29) is 5.56 Å². The minimum atomic E-state index is -0.194. The molecule has 0 saturated heterocycles. The molecule has 0 amide bonds. The Bertz CT molecular complexity index is 1070. The van der Waals surface area contributed by atoms with E-state index in [1.54, 1.807) is 6.20 Å². The van der Waals surface area contributed by atoms with E-state index in [0.717, 1.165) is 10.9 Å². The third-order valence-electron chi connectivity index (χ3n) is 3.78. The zero-order chi connectivity index (χ0) is 15.8. The highest BCUT2D eigenvalue weighted by Crippen LogP contribution is 2.28. The van der Waals surface area contributed by atoms with Crippen molar-refractivity contribution in [1.29, 1.82) is 0 Å². The van der Waals surface area contributed by atoms with Crippen LogP contribution < -0.4 is 5.56 Å². The molecule has 2 aromatic carbocycles. The molecule has 0 radical (unpaired) electrons. The molecule has 0 unspecified atom stereocenters. The van der Waals surface area contributed by atoms with Gasteiger partial charge < -0.3 is 4.98 Å². The molecule has 0 aliphatic heterocycles. The van der Waals surface area contributed by atoms with Crippen LogP contribution in [-0.4, -0.2) is 15.0 Å². The van der Waals surface area contributed by atoms with Crippen molar-refractivity contribution in [3.63, 3.8) is 0 Å². The van der Waals surface area contributed by atoms with Crippen molar-refractivity contribution < 1.29 is 0 Å². The Morgan fingerprint density at radius 1 is 1.04 bits per heavy atom. The summed E-state index contributed by atoms with van der Waals surface area (Å²) in [6.07, 6.45) is 2.15. The Balaban J connectivity index is 1.94. The van der Waals surface area contributed by atoms with Gasteiger partial charge in [-0.25, -0.2) is 4.98 Å². The second-order valence-corrected chi connectivity index (χ2v) is 5.71. The summed E-state index contributed by atoms with van der Waals surface area (Å²) in [5, 5.41) is 1.34. The summed E-state index contributed by atoms with van der Waals surface area (Å²) >= 11 is 6.45. The van der Waals surface area contributed by atoms with Crippen LogP contribution in [0.4, 0.5) is 0 Å². The number of H-pyrrole nitrogens is 1. The van der Waals surface area contributed by atoms with Gasteiger partial charge in [0, 0.05) is 18.0 Å². The average molecular weight is 322 g/mol. The van der Waals surface area contributed by atoms with Gasteiger partial charge in [-0.15, -0.1) is 0 Å². The minimum absolute atomic E-state index is 0.194. The lowest BCUT2D eigenvalue weighted by Gasteiger charge is -2.07. The number of pyridine rings is 1. The van der Waals surface area contributed by atoms with Gasteiger partial charge in [-0.2, -0.15) is 0 Å². The molecular weight excluding hydrogens is 310 g/mol. The van der Waals surface area contributed by atoms with Gasteiger partial charge in [-0.3, -0.25) is 9.78 Å². The van der Waals surface area contributed by atoms with Gasteiger partial charge in [0.2, 0.25) is 0 Å². The first-order valence-electron chi connectivity index (χ1n) is 7.22. The molecule has 1 N–H and O–H groups in total. The fourth-order valence-electron chi connectivity index (χ4n) is 2.67. The number of fused-ring (bicyclic) bond motifs is 2. The number of nitrogens with one attached hydrogen (secondary N) is 1. The molecule has 112 valence electrons. The van der Waals surface area contributed by atoms with E-state index in [4.69, 9.17) is 11.6 Å². The van der Waals surface area contributed by atoms with Crippen LogP contribution in [0.1, 0.15) is 11.3 Å². The molecular formula is C18H12ClN3O. The van der Waals surface area contributed by atoms with E-state index in [2.05, 4.69) is 15.0 Å². The first-order valence-corrected chi connectivity index (χ1v) is 7.60. The second-order valence-electron chi connectivity index (χ2n) is 5.34. The monoisotopic (exact) mass is 321 g/mol. The second kappa shape index (κ2) is 5.48. The quantitative estimate of drug-likeness (QED) is 0.572. The first-order chi connectivity index (χ1) is 11.2. The molecule has 0 saturated carbocycles. The Morgan fingerprint density at radius 2 is 1.87 bits per heavy atom. The van der Waals surface area contributed by atoms with E-state index >= 15 is 0 Å². The van der Waals surface area contributed by atoms with Gasteiger partial charge in [0.25, 0.3) is 5.56 Å². The molecule has 0 aliphatic rings. The fraction of sp³-hybridized carbons (Fsp3) is 0.0556. The van der Waals surface area contributed by atoms with Crippen molar-refractivity contribution in [2.45, 2.75) is 6.42 Å². The van der Waals surface area contributed by atoms with Crippen LogP contribution in [0.25, 0.3) is 21.9 Å². The van der Waals surface area contributed by atoms with Gasteiger partial charge >= 0.3 is 0 Å². The van der Waals surface area contributed by atoms with Crippen LogP contribution in [-0.2, 0) is 6.42 Å². The molecule has 0 aliphatic carbocycles. The van der Waals surface area contributed by atoms with Gasteiger partial charge in [0.1, 0.15) is 11.2 Å². The maximum absolute atomic E-state index is 12.3. The molecule has 4 rings (SSSR count). The Labute approximate surface area is 136 Å². The summed E-state index contributed by atoms with van der Waals surface area (Å²) in [5.41, 5.74) is 3.16. The number of hydrogen-bond acceptors (Lipinski definition) is 3. The smallest absolute Gasteiger partial charge is 0.270 e. The summed E-state index contributed by atoms with van der Waals surface area (Å²) in [4.78, 5) is 24.0. The number of nitrogens with zero attached hydrogens (tertiary/aromatic N) is 2. The maximum atomic E-state index is 12.3. The van der Waals surface area contributed by atoms with E-state index in [9.17, 15) is 4.79 Å². The third kappa shape index (κ3) is 2.47. The summed E-state index contributed by atoms with van der Waals surface area (Å²) in [6.45, 7) is 0. The van der Waals surface area contributed by atoms with Crippen molar-refractivity contribution in [3.8, 4) is 0 Å². The molecule has 4 aromatic rings.